The Morgan fingerprint density at radius 1 is 0.958 bits per heavy atom. The number of unbranched alkanes of at least 4 members (excludes halogenated alkanes) is 1. The maximum absolute atomic E-state index is 5.68. The van der Waals surface area contributed by atoms with Gasteiger partial charge >= 0.3 is 0 Å². The zero-order valence-electron chi connectivity index (χ0n) is 13.9. The summed E-state index contributed by atoms with van der Waals surface area (Å²) in [6.45, 7) is 2.84. The Morgan fingerprint density at radius 3 is 2.46 bits per heavy atom. The Bertz CT molecular complexity index is 613. The number of allylic oxidation sites excluding steroid dienone is 1. The van der Waals surface area contributed by atoms with E-state index in [-0.39, 0.29) is 6.29 Å². The summed E-state index contributed by atoms with van der Waals surface area (Å²) in [5.74, 6) is 0. The van der Waals surface area contributed by atoms with E-state index in [1.807, 2.05) is 18.2 Å². The zero-order valence-corrected chi connectivity index (χ0v) is 13.9. The fourth-order valence-electron chi connectivity index (χ4n) is 2.60. The van der Waals surface area contributed by atoms with Crippen molar-refractivity contribution in [2.24, 2.45) is 0 Å². The summed E-state index contributed by atoms with van der Waals surface area (Å²) in [6, 6.07) is 18.6. The lowest BCUT2D eigenvalue weighted by Gasteiger charge is -2.08. The molecule has 3 heteroatoms. The van der Waals surface area contributed by atoms with Crippen LogP contribution in [0.4, 0.5) is 0 Å². The summed E-state index contributed by atoms with van der Waals surface area (Å²) >= 11 is 0. The SMILES string of the molecule is C(=C/c1ccc(C2OCCO2)cc1)/CCCOCc1ccccc1. The summed E-state index contributed by atoms with van der Waals surface area (Å²) in [5, 5.41) is 0. The highest BCUT2D eigenvalue weighted by Crippen LogP contribution is 2.23. The van der Waals surface area contributed by atoms with Crippen LogP contribution in [0.2, 0.25) is 0 Å². The zero-order chi connectivity index (χ0) is 16.5. The molecule has 0 aliphatic carbocycles. The molecule has 3 rings (SSSR count). The van der Waals surface area contributed by atoms with Crippen LogP contribution in [0.1, 0.15) is 35.8 Å². The van der Waals surface area contributed by atoms with Crippen molar-refractivity contribution in [3.05, 3.63) is 77.4 Å². The first-order valence-corrected chi connectivity index (χ1v) is 8.53. The van der Waals surface area contributed by atoms with Crippen LogP contribution in [0.15, 0.2) is 60.7 Å². The minimum absolute atomic E-state index is 0.190. The van der Waals surface area contributed by atoms with E-state index in [1.54, 1.807) is 0 Å². The van der Waals surface area contributed by atoms with Gasteiger partial charge in [0.1, 0.15) is 0 Å². The van der Waals surface area contributed by atoms with E-state index in [4.69, 9.17) is 14.2 Å². The van der Waals surface area contributed by atoms with E-state index in [0.717, 1.165) is 25.0 Å². The van der Waals surface area contributed by atoms with Gasteiger partial charge in [-0.1, -0.05) is 66.7 Å². The topological polar surface area (TPSA) is 27.7 Å². The standard InChI is InChI=1S/C21H24O3/c1-3-8-19(9-4-1)17-22-14-6-2-5-7-18-10-12-20(13-11-18)21-23-15-16-24-21/h1,3-5,7-13,21H,2,6,14-17H2/b7-5-. The molecule has 1 aliphatic rings. The average Bonchev–Trinajstić information content (AvgIpc) is 3.17. The van der Waals surface area contributed by atoms with E-state index < -0.39 is 0 Å². The van der Waals surface area contributed by atoms with E-state index >= 15 is 0 Å². The molecule has 0 bridgehead atoms. The molecule has 1 fully saturated rings. The maximum atomic E-state index is 5.68. The van der Waals surface area contributed by atoms with Gasteiger partial charge in [0.05, 0.1) is 19.8 Å². The lowest BCUT2D eigenvalue weighted by atomic mass is 10.1. The molecule has 0 saturated carbocycles. The molecule has 0 unspecified atom stereocenters. The highest BCUT2D eigenvalue weighted by Gasteiger charge is 2.17. The summed E-state index contributed by atoms with van der Waals surface area (Å²) < 4.78 is 16.7. The minimum atomic E-state index is -0.190. The summed E-state index contributed by atoms with van der Waals surface area (Å²) in [5.41, 5.74) is 3.50. The van der Waals surface area contributed by atoms with Gasteiger partial charge in [0.15, 0.2) is 6.29 Å². The molecule has 0 aromatic heterocycles. The second kappa shape index (κ2) is 9.38. The van der Waals surface area contributed by atoms with Crippen molar-refractivity contribution in [2.75, 3.05) is 19.8 Å². The van der Waals surface area contributed by atoms with Gasteiger partial charge in [-0.05, 0) is 24.0 Å². The van der Waals surface area contributed by atoms with Crippen molar-refractivity contribution in [1.29, 1.82) is 0 Å². The van der Waals surface area contributed by atoms with Gasteiger partial charge < -0.3 is 14.2 Å². The lowest BCUT2D eigenvalue weighted by molar-refractivity contribution is -0.0441. The second-order valence-electron chi connectivity index (χ2n) is 5.82. The van der Waals surface area contributed by atoms with E-state index in [0.29, 0.717) is 19.8 Å². The third-order valence-corrected chi connectivity index (χ3v) is 3.91. The molecule has 0 atom stereocenters. The molecule has 1 aliphatic heterocycles. The fraction of sp³-hybridized carbons (Fsp3) is 0.333. The predicted molar refractivity (Wildman–Crippen MR) is 95.5 cm³/mol. The van der Waals surface area contributed by atoms with Crippen LogP contribution in [0.5, 0.6) is 0 Å². The van der Waals surface area contributed by atoms with E-state index in [9.17, 15) is 0 Å². The molecule has 0 amide bonds. The van der Waals surface area contributed by atoms with Gasteiger partial charge in [-0.2, -0.15) is 0 Å². The van der Waals surface area contributed by atoms with Crippen LogP contribution in [0.3, 0.4) is 0 Å². The van der Waals surface area contributed by atoms with Crippen molar-refractivity contribution in [1.82, 2.24) is 0 Å². The number of hydrogen-bond donors (Lipinski definition) is 0. The molecule has 3 nitrogen and oxygen atoms in total. The third-order valence-electron chi connectivity index (χ3n) is 3.91. The highest BCUT2D eigenvalue weighted by atomic mass is 16.7. The molecular formula is C21H24O3. The number of ether oxygens (including phenoxy) is 3. The van der Waals surface area contributed by atoms with Crippen molar-refractivity contribution < 1.29 is 14.2 Å². The molecule has 126 valence electrons. The molecule has 2 aromatic carbocycles. The van der Waals surface area contributed by atoms with Gasteiger partial charge in [-0.3, -0.25) is 0 Å². The van der Waals surface area contributed by atoms with Crippen molar-refractivity contribution in [3.63, 3.8) is 0 Å². The largest absolute Gasteiger partial charge is 0.377 e. The molecule has 1 saturated heterocycles. The molecule has 24 heavy (non-hydrogen) atoms. The van der Waals surface area contributed by atoms with Crippen LogP contribution >= 0.6 is 0 Å². The molecule has 1 heterocycles. The Morgan fingerprint density at radius 2 is 1.71 bits per heavy atom. The fourth-order valence-corrected chi connectivity index (χ4v) is 2.60. The van der Waals surface area contributed by atoms with Crippen LogP contribution in [0.25, 0.3) is 6.08 Å². The van der Waals surface area contributed by atoms with Crippen molar-refractivity contribution in [3.8, 4) is 0 Å². The first kappa shape index (κ1) is 16.9. The second-order valence-corrected chi connectivity index (χ2v) is 5.82. The Kier molecular flexibility index (Phi) is 6.60. The van der Waals surface area contributed by atoms with Crippen LogP contribution in [0, 0.1) is 0 Å². The molecule has 0 N–H and O–H groups in total. The molecule has 0 radical (unpaired) electrons. The lowest BCUT2D eigenvalue weighted by Crippen LogP contribution is -1.97. The smallest absolute Gasteiger partial charge is 0.184 e. The van der Waals surface area contributed by atoms with Gasteiger partial charge in [0, 0.05) is 12.2 Å². The predicted octanol–water partition coefficient (Wildman–Crippen LogP) is 4.74. The molecule has 2 aromatic rings. The first-order chi connectivity index (χ1) is 11.9. The minimum Gasteiger partial charge on any atom is -0.377 e. The van der Waals surface area contributed by atoms with Gasteiger partial charge in [0.25, 0.3) is 0 Å². The summed E-state index contributed by atoms with van der Waals surface area (Å²) in [4.78, 5) is 0. The maximum Gasteiger partial charge on any atom is 0.184 e. The van der Waals surface area contributed by atoms with Crippen LogP contribution in [-0.4, -0.2) is 19.8 Å². The van der Waals surface area contributed by atoms with Crippen molar-refractivity contribution in [2.45, 2.75) is 25.7 Å². The number of hydrogen-bond acceptors (Lipinski definition) is 3. The van der Waals surface area contributed by atoms with E-state index in [1.165, 1.54) is 11.1 Å². The summed E-state index contributed by atoms with van der Waals surface area (Å²) in [6.07, 6.45) is 6.21. The Balaban J connectivity index is 1.32. The molecule has 0 spiro atoms. The Labute approximate surface area is 143 Å². The first-order valence-electron chi connectivity index (χ1n) is 8.53. The van der Waals surface area contributed by atoms with Crippen LogP contribution in [-0.2, 0) is 20.8 Å². The van der Waals surface area contributed by atoms with Gasteiger partial charge in [-0.15, -0.1) is 0 Å². The average molecular weight is 324 g/mol. The quantitative estimate of drug-likeness (QED) is 0.656. The van der Waals surface area contributed by atoms with Crippen LogP contribution < -0.4 is 0 Å². The molecular weight excluding hydrogens is 300 g/mol. The number of rotatable bonds is 8. The monoisotopic (exact) mass is 324 g/mol. The summed E-state index contributed by atoms with van der Waals surface area (Å²) in [7, 11) is 0. The third kappa shape index (κ3) is 5.31. The van der Waals surface area contributed by atoms with Gasteiger partial charge in [-0.25, -0.2) is 0 Å². The normalized spacial score (nSPS) is 15.3. The van der Waals surface area contributed by atoms with Crippen molar-refractivity contribution >= 4 is 6.08 Å². The Hall–Kier alpha value is -1.94. The number of benzene rings is 2. The van der Waals surface area contributed by atoms with Gasteiger partial charge in [0.2, 0.25) is 0 Å². The highest BCUT2D eigenvalue weighted by molar-refractivity contribution is 5.49. The van der Waals surface area contributed by atoms with E-state index in [2.05, 4.69) is 48.6 Å².